The summed E-state index contributed by atoms with van der Waals surface area (Å²) in [4.78, 5) is 8.71. The number of hydrogen-bond acceptors (Lipinski definition) is 4. The van der Waals surface area contributed by atoms with E-state index in [9.17, 15) is 0 Å². The highest BCUT2D eigenvalue weighted by Gasteiger charge is 2.24. The van der Waals surface area contributed by atoms with Crippen LogP contribution in [-0.2, 0) is 0 Å². The highest BCUT2D eigenvalue weighted by atomic mass is 16.5. The summed E-state index contributed by atoms with van der Waals surface area (Å²) in [6.07, 6.45) is 10.0. The van der Waals surface area contributed by atoms with Gasteiger partial charge in [0.1, 0.15) is 5.69 Å². The zero-order chi connectivity index (χ0) is 12.8. The van der Waals surface area contributed by atoms with E-state index in [1.807, 2.05) is 0 Å². The first-order valence-corrected chi connectivity index (χ1v) is 6.93. The lowest BCUT2D eigenvalue weighted by atomic mass is 9.96. The maximum Gasteiger partial charge on any atom is 0.236 e. The molecule has 100 valence electrons. The molecule has 18 heavy (non-hydrogen) atoms. The van der Waals surface area contributed by atoms with Gasteiger partial charge in [-0.2, -0.15) is 0 Å². The van der Waals surface area contributed by atoms with Gasteiger partial charge in [-0.3, -0.25) is 4.98 Å². The summed E-state index contributed by atoms with van der Waals surface area (Å²) in [5.41, 5.74) is 0.953. The quantitative estimate of drug-likeness (QED) is 0.842. The monoisotopic (exact) mass is 249 g/mol. The second-order valence-electron chi connectivity index (χ2n) is 4.95. The first kappa shape index (κ1) is 13.3. The van der Waals surface area contributed by atoms with Gasteiger partial charge in [0.25, 0.3) is 0 Å². The Bertz CT molecular complexity index is 364. The maximum absolute atomic E-state index is 5.32. The first-order valence-electron chi connectivity index (χ1n) is 6.93. The van der Waals surface area contributed by atoms with Gasteiger partial charge in [0.05, 0.1) is 13.2 Å². The largest absolute Gasteiger partial charge is 0.480 e. The van der Waals surface area contributed by atoms with Crippen LogP contribution in [0.2, 0.25) is 0 Å². The Labute approximate surface area is 109 Å². The van der Waals surface area contributed by atoms with Crippen molar-refractivity contribution in [2.75, 3.05) is 13.7 Å². The minimum absolute atomic E-state index is 0.266. The van der Waals surface area contributed by atoms with Crippen molar-refractivity contribution < 1.29 is 4.74 Å². The van der Waals surface area contributed by atoms with E-state index in [1.165, 1.54) is 25.7 Å². The molecule has 0 aliphatic heterocycles. The van der Waals surface area contributed by atoms with Crippen molar-refractivity contribution >= 4 is 0 Å². The van der Waals surface area contributed by atoms with E-state index in [0.717, 1.165) is 24.6 Å². The molecule has 0 saturated heterocycles. The van der Waals surface area contributed by atoms with E-state index in [2.05, 4.69) is 22.2 Å². The molecule has 1 aliphatic rings. The van der Waals surface area contributed by atoms with Crippen molar-refractivity contribution in [1.29, 1.82) is 0 Å². The molecule has 4 nitrogen and oxygen atoms in total. The van der Waals surface area contributed by atoms with Crippen molar-refractivity contribution in [3.05, 3.63) is 18.1 Å². The molecule has 1 aromatic heterocycles. The maximum atomic E-state index is 5.32. The predicted molar refractivity (Wildman–Crippen MR) is 71.6 cm³/mol. The molecule has 1 unspecified atom stereocenters. The Balaban J connectivity index is 2.11. The van der Waals surface area contributed by atoms with E-state index < -0.39 is 0 Å². The summed E-state index contributed by atoms with van der Waals surface area (Å²) < 4.78 is 5.32. The zero-order valence-corrected chi connectivity index (χ0v) is 11.4. The summed E-state index contributed by atoms with van der Waals surface area (Å²) >= 11 is 0. The molecule has 2 rings (SSSR count). The molecular formula is C14H23N3O. The smallest absolute Gasteiger partial charge is 0.236 e. The molecule has 0 bridgehead atoms. The molecule has 1 N–H and O–H groups in total. The molecule has 1 saturated carbocycles. The lowest BCUT2D eigenvalue weighted by Gasteiger charge is -2.21. The molecule has 1 aromatic rings. The SMILES string of the molecule is CCNC(CC1CCCC1)c1nccnc1OC. The second kappa shape index (κ2) is 6.69. The molecule has 1 aliphatic carbocycles. The summed E-state index contributed by atoms with van der Waals surface area (Å²) in [7, 11) is 1.66. The van der Waals surface area contributed by atoms with Crippen molar-refractivity contribution in [1.82, 2.24) is 15.3 Å². The Hall–Kier alpha value is -1.16. The van der Waals surface area contributed by atoms with Crippen molar-refractivity contribution in [3.63, 3.8) is 0 Å². The van der Waals surface area contributed by atoms with Crippen molar-refractivity contribution in [3.8, 4) is 5.88 Å². The van der Waals surface area contributed by atoms with Gasteiger partial charge in [-0.05, 0) is 18.9 Å². The molecule has 4 heteroatoms. The van der Waals surface area contributed by atoms with Crippen LogP contribution in [0.1, 0.15) is 50.8 Å². The predicted octanol–water partition coefficient (Wildman–Crippen LogP) is 2.72. The number of nitrogens with one attached hydrogen (secondary N) is 1. The number of aromatic nitrogens is 2. The first-order chi connectivity index (χ1) is 8.85. The van der Waals surface area contributed by atoms with Gasteiger partial charge < -0.3 is 10.1 Å². The van der Waals surface area contributed by atoms with Gasteiger partial charge in [-0.25, -0.2) is 4.98 Å². The average molecular weight is 249 g/mol. The molecular weight excluding hydrogens is 226 g/mol. The lowest BCUT2D eigenvalue weighted by Crippen LogP contribution is -2.24. The number of hydrogen-bond donors (Lipinski definition) is 1. The van der Waals surface area contributed by atoms with Crippen LogP contribution < -0.4 is 10.1 Å². The third-order valence-electron chi connectivity index (χ3n) is 3.71. The van der Waals surface area contributed by atoms with Gasteiger partial charge >= 0.3 is 0 Å². The van der Waals surface area contributed by atoms with E-state index in [-0.39, 0.29) is 6.04 Å². The highest BCUT2D eigenvalue weighted by molar-refractivity contribution is 5.21. The highest BCUT2D eigenvalue weighted by Crippen LogP contribution is 2.34. The van der Waals surface area contributed by atoms with Crippen LogP contribution in [0, 0.1) is 5.92 Å². The Morgan fingerprint density at radius 1 is 1.33 bits per heavy atom. The van der Waals surface area contributed by atoms with E-state index in [4.69, 9.17) is 4.74 Å². The van der Waals surface area contributed by atoms with Crippen LogP contribution in [0.15, 0.2) is 12.4 Å². The Morgan fingerprint density at radius 3 is 2.72 bits per heavy atom. The molecule has 1 atom stereocenters. The summed E-state index contributed by atoms with van der Waals surface area (Å²) in [5.74, 6) is 1.47. The lowest BCUT2D eigenvalue weighted by molar-refractivity contribution is 0.353. The van der Waals surface area contributed by atoms with Crippen LogP contribution in [0.3, 0.4) is 0 Å². The van der Waals surface area contributed by atoms with Gasteiger partial charge in [-0.15, -0.1) is 0 Å². The fraction of sp³-hybridized carbons (Fsp3) is 0.714. The number of ether oxygens (including phenoxy) is 1. The third-order valence-corrected chi connectivity index (χ3v) is 3.71. The topological polar surface area (TPSA) is 47.0 Å². The molecule has 0 spiro atoms. The summed E-state index contributed by atoms with van der Waals surface area (Å²) in [6, 6.07) is 0.266. The summed E-state index contributed by atoms with van der Waals surface area (Å²) in [6.45, 7) is 3.07. The van der Waals surface area contributed by atoms with Crippen molar-refractivity contribution in [2.45, 2.75) is 45.1 Å². The average Bonchev–Trinajstić information content (AvgIpc) is 2.91. The Kier molecular flexibility index (Phi) is 4.93. The normalized spacial score (nSPS) is 17.9. The van der Waals surface area contributed by atoms with Crippen molar-refractivity contribution in [2.24, 2.45) is 5.92 Å². The van der Waals surface area contributed by atoms with Crippen LogP contribution in [0.5, 0.6) is 5.88 Å². The number of methoxy groups -OCH3 is 1. The van der Waals surface area contributed by atoms with Gasteiger partial charge in [0, 0.05) is 12.4 Å². The third kappa shape index (κ3) is 3.19. The Morgan fingerprint density at radius 2 is 2.06 bits per heavy atom. The van der Waals surface area contributed by atoms with Crippen LogP contribution in [-0.4, -0.2) is 23.6 Å². The standard InChI is InChI=1S/C14H23N3O/c1-3-15-12(10-11-6-4-5-7-11)13-14(18-2)17-9-8-16-13/h8-9,11-12,15H,3-7,10H2,1-2H3. The zero-order valence-electron chi connectivity index (χ0n) is 11.4. The molecule has 1 fully saturated rings. The van der Waals surface area contributed by atoms with E-state index >= 15 is 0 Å². The molecule has 0 aromatic carbocycles. The van der Waals surface area contributed by atoms with E-state index in [1.54, 1.807) is 19.5 Å². The van der Waals surface area contributed by atoms with Crippen LogP contribution in [0.25, 0.3) is 0 Å². The van der Waals surface area contributed by atoms with Gasteiger partial charge in [0.15, 0.2) is 0 Å². The van der Waals surface area contributed by atoms with Crippen LogP contribution in [0.4, 0.5) is 0 Å². The van der Waals surface area contributed by atoms with Crippen LogP contribution >= 0.6 is 0 Å². The molecule has 0 amide bonds. The minimum Gasteiger partial charge on any atom is -0.480 e. The summed E-state index contributed by atoms with van der Waals surface area (Å²) in [5, 5.41) is 3.52. The van der Waals surface area contributed by atoms with E-state index in [0.29, 0.717) is 5.88 Å². The fourth-order valence-corrected chi connectivity index (χ4v) is 2.85. The number of nitrogens with zero attached hydrogens (tertiary/aromatic N) is 2. The number of rotatable bonds is 6. The molecule has 1 heterocycles. The second-order valence-corrected chi connectivity index (χ2v) is 4.95. The fourth-order valence-electron chi connectivity index (χ4n) is 2.85. The van der Waals surface area contributed by atoms with Gasteiger partial charge in [-0.1, -0.05) is 32.6 Å². The minimum atomic E-state index is 0.266. The molecule has 0 radical (unpaired) electrons. The van der Waals surface area contributed by atoms with Gasteiger partial charge in [0.2, 0.25) is 5.88 Å².